The highest BCUT2D eigenvalue weighted by atomic mass is 16.5. The number of rotatable bonds is 7. The van der Waals surface area contributed by atoms with Crippen molar-refractivity contribution in [1.29, 1.82) is 0 Å². The molecular weight excluding hydrogens is 338 g/mol. The summed E-state index contributed by atoms with van der Waals surface area (Å²) in [7, 11) is 1.70. The van der Waals surface area contributed by atoms with E-state index in [0.717, 1.165) is 54.8 Å². The predicted octanol–water partition coefficient (Wildman–Crippen LogP) is 4.31. The molecule has 0 aromatic heterocycles. The van der Waals surface area contributed by atoms with Gasteiger partial charge in [-0.3, -0.25) is 4.79 Å². The fourth-order valence-corrected chi connectivity index (χ4v) is 3.72. The second kappa shape index (κ2) is 9.38. The van der Waals surface area contributed by atoms with Gasteiger partial charge < -0.3 is 14.7 Å². The van der Waals surface area contributed by atoms with Crippen LogP contribution in [-0.2, 0) is 4.79 Å². The zero-order chi connectivity index (χ0) is 19.1. The highest BCUT2D eigenvalue weighted by molar-refractivity contribution is 5.82. The van der Waals surface area contributed by atoms with E-state index < -0.39 is 5.97 Å². The van der Waals surface area contributed by atoms with Crippen molar-refractivity contribution in [2.24, 2.45) is 5.92 Å². The fourth-order valence-electron chi connectivity index (χ4n) is 3.72. The largest absolute Gasteiger partial charge is 0.496 e. The molecule has 4 nitrogen and oxygen atoms in total. The number of hydrogen-bond acceptors (Lipinski definition) is 3. The van der Waals surface area contributed by atoms with E-state index in [9.17, 15) is 9.90 Å². The van der Waals surface area contributed by atoms with E-state index >= 15 is 0 Å². The zero-order valence-corrected chi connectivity index (χ0v) is 15.8. The molecule has 0 bridgehead atoms. The SMILES string of the molecule is COc1ccccc1/C(=C\CCN1CCCC(C(=O)O)C1)c1ccccc1. The maximum absolute atomic E-state index is 11.3. The van der Waals surface area contributed by atoms with Crippen LogP contribution in [0.15, 0.2) is 60.7 Å². The molecule has 27 heavy (non-hydrogen) atoms. The van der Waals surface area contributed by atoms with Crippen molar-refractivity contribution in [3.05, 3.63) is 71.8 Å². The predicted molar refractivity (Wildman–Crippen MR) is 108 cm³/mol. The summed E-state index contributed by atoms with van der Waals surface area (Å²) in [5.74, 6) is -0.0451. The number of carboxylic acid groups (broad SMARTS) is 1. The molecule has 1 aliphatic heterocycles. The summed E-state index contributed by atoms with van der Waals surface area (Å²) in [5, 5.41) is 9.27. The quantitative estimate of drug-likeness (QED) is 0.794. The number of aliphatic carboxylic acids is 1. The van der Waals surface area contributed by atoms with Gasteiger partial charge in [-0.05, 0) is 43.0 Å². The summed E-state index contributed by atoms with van der Waals surface area (Å²) in [6.45, 7) is 2.50. The van der Waals surface area contributed by atoms with E-state index in [4.69, 9.17) is 4.74 Å². The number of ether oxygens (including phenoxy) is 1. The Labute approximate surface area is 161 Å². The second-order valence-corrected chi connectivity index (χ2v) is 6.95. The molecule has 1 fully saturated rings. The smallest absolute Gasteiger partial charge is 0.307 e. The number of methoxy groups -OCH3 is 1. The van der Waals surface area contributed by atoms with Crippen LogP contribution in [0.3, 0.4) is 0 Å². The van der Waals surface area contributed by atoms with Crippen LogP contribution in [0.2, 0.25) is 0 Å². The van der Waals surface area contributed by atoms with Gasteiger partial charge in [-0.1, -0.05) is 54.6 Å². The molecule has 0 amide bonds. The average Bonchev–Trinajstić information content (AvgIpc) is 2.72. The minimum absolute atomic E-state index is 0.231. The van der Waals surface area contributed by atoms with E-state index in [0.29, 0.717) is 6.54 Å². The van der Waals surface area contributed by atoms with Crippen LogP contribution in [-0.4, -0.2) is 42.7 Å². The molecule has 3 rings (SSSR count). The molecule has 1 unspecified atom stereocenters. The lowest BCUT2D eigenvalue weighted by Crippen LogP contribution is -2.39. The number of hydrogen-bond donors (Lipinski definition) is 1. The summed E-state index contributed by atoms with van der Waals surface area (Å²) in [4.78, 5) is 13.5. The number of carbonyl (C=O) groups is 1. The Morgan fingerprint density at radius 3 is 2.67 bits per heavy atom. The Hall–Kier alpha value is -2.59. The van der Waals surface area contributed by atoms with Gasteiger partial charge in [0.2, 0.25) is 0 Å². The van der Waals surface area contributed by atoms with Crippen LogP contribution in [0.25, 0.3) is 5.57 Å². The Balaban J connectivity index is 1.78. The number of carboxylic acids is 1. The third kappa shape index (κ3) is 4.98. The Morgan fingerprint density at radius 1 is 1.19 bits per heavy atom. The summed E-state index contributed by atoms with van der Waals surface area (Å²) < 4.78 is 5.57. The Kier molecular flexibility index (Phi) is 6.66. The number of piperidine rings is 1. The maximum Gasteiger partial charge on any atom is 0.307 e. The monoisotopic (exact) mass is 365 g/mol. The minimum Gasteiger partial charge on any atom is -0.496 e. The van der Waals surface area contributed by atoms with Crippen LogP contribution in [0.1, 0.15) is 30.4 Å². The minimum atomic E-state index is -0.672. The van der Waals surface area contributed by atoms with Crippen molar-refractivity contribution in [2.75, 3.05) is 26.7 Å². The first-order valence-electron chi connectivity index (χ1n) is 9.53. The van der Waals surface area contributed by atoms with Gasteiger partial charge >= 0.3 is 5.97 Å². The van der Waals surface area contributed by atoms with Crippen molar-refractivity contribution >= 4 is 11.5 Å². The lowest BCUT2D eigenvalue weighted by atomic mass is 9.95. The molecule has 2 aromatic rings. The molecule has 1 atom stereocenters. The Morgan fingerprint density at radius 2 is 1.93 bits per heavy atom. The average molecular weight is 365 g/mol. The molecule has 1 heterocycles. The van der Waals surface area contributed by atoms with Gasteiger partial charge in [0.1, 0.15) is 5.75 Å². The topological polar surface area (TPSA) is 49.8 Å². The Bertz CT molecular complexity index is 785. The normalized spacial score (nSPS) is 18.3. The third-order valence-corrected chi connectivity index (χ3v) is 5.13. The number of benzene rings is 2. The fraction of sp³-hybridized carbons (Fsp3) is 0.348. The molecule has 0 aliphatic carbocycles. The molecule has 1 saturated heterocycles. The van der Waals surface area contributed by atoms with Crippen molar-refractivity contribution < 1.29 is 14.6 Å². The third-order valence-electron chi connectivity index (χ3n) is 5.13. The summed E-state index contributed by atoms with van der Waals surface area (Å²) >= 11 is 0. The summed E-state index contributed by atoms with van der Waals surface area (Å²) in [6, 6.07) is 18.4. The van der Waals surface area contributed by atoms with Gasteiger partial charge in [0, 0.05) is 18.7 Å². The van der Waals surface area contributed by atoms with Gasteiger partial charge in [0.25, 0.3) is 0 Å². The molecule has 1 aliphatic rings. The van der Waals surface area contributed by atoms with Crippen molar-refractivity contribution in [1.82, 2.24) is 4.90 Å². The number of para-hydroxylation sites is 1. The van der Waals surface area contributed by atoms with E-state index in [1.54, 1.807) is 7.11 Å². The van der Waals surface area contributed by atoms with Crippen LogP contribution >= 0.6 is 0 Å². The van der Waals surface area contributed by atoms with Gasteiger partial charge in [0.05, 0.1) is 13.0 Å². The standard InChI is InChI=1S/C23H27NO3/c1-27-22-14-6-5-12-21(22)20(18-9-3-2-4-10-18)13-8-16-24-15-7-11-19(17-24)23(25)26/h2-6,9-10,12-14,19H,7-8,11,15-17H2,1H3,(H,25,26)/b20-13-. The highest BCUT2D eigenvalue weighted by Crippen LogP contribution is 2.31. The van der Waals surface area contributed by atoms with Gasteiger partial charge in [0.15, 0.2) is 0 Å². The molecule has 4 heteroatoms. The first kappa shape index (κ1) is 19.2. The van der Waals surface area contributed by atoms with Crippen molar-refractivity contribution in [2.45, 2.75) is 19.3 Å². The summed E-state index contributed by atoms with van der Waals surface area (Å²) in [6.07, 6.45) is 4.86. The molecule has 0 saturated carbocycles. The molecule has 2 aromatic carbocycles. The number of nitrogens with zero attached hydrogens (tertiary/aromatic N) is 1. The van der Waals surface area contributed by atoms with Crippen LogP contribution in [0.4, 0.5) is 0 Å². The molecule has 0 radical (unpaired) electrons. The van der Waals surface area contributed by atoms with Gasteiger partial charge in [-0.25, -0.2) is 0 Å². The van der Waals surface area contributed by atoms with Gasteiger partial charge in [-0.2, -0.15) is 0 Å². The highest BCUT2D eigenvalue weighted by Gasteiger charge is 2.24. The first-order valence-corrected chi connectivity index (χ1v) is 9.53. The molecule has 0 spiro atoms. The van der Waals surface area contributed by atoms with Crippen molar-refractivity contribution in [3.8, 4) is 5.75 Å². The zero-order valence-electron chi connectivity index (χ0n) is 15.8. The van der Waals surface area contributed by atoms with Crippen LogP contribution in [0, 0.1) is 5.92 Å². The molecule has 1 N–H and O–H groups in total. The maximum atomic E-state index is 11.3. The van der Waals surface area contributed by atoms with Crippen LogP contribution < -0.4 is 4.74 Å². The van der Waals surface area contributed by atoms with Gasteiger partial charge in [-0.15, -0.1) is 0 Å². The van der Waals surface area contributed by atoms with E-state index in [1.807, 2.05) is 36.4 Å². The molecular formula is C23H27NO3. The van der Waals surface area contributed by atoms with E-state index in [2.05, 4.69) is 29.2 Å². The lowest BCUT2D eigenvalue weighted by molar-refractivity contribution is -0.143. The second-order valence-electron chi connectivity index (χ2n) is 6.95. The first-order chi connectivity index (χ1) is 13.2. The van der Waals surface area contributed by atoms with E-state index in [1.165, 1.54) is 0 Å². The van der Waals surface area contributed by atoms with Crippen LogP contribution in [0.5, 0.6) is 5.75 Å². The van der Waals surface area contributed by atoms with Crippen molar-refractivity contribution in [3.63, 3.8) is 0 Å². The lowest BCUT2D eigenvalue weighted by Gasteiger charge is -2.30. The number of likely N-dealkylation sites (tertiary alicyclic amines) is 1. The molecule has 142 valence electrons. The van der Waals surface area contributed by atoms with E-state index in [-0.39, 0.29) is 5.92 Å². The summed E-state index contributed by atoms with van der Waals surface area (Å²) in [5.41, 5.74) is 3.39.